The molecule has 0 bridgehead atoms. The normalized spacial score (nSPS) is 8.30. The summed E-state index contributed by atoms with van der Waals surface area (Å²) in [4.78, 5) is 30.3. The molecule has 0 spiro atoms. The second-order valence-corrected chi connectivity index (χ2v) is 12.5. The Balaban J connectivity index is -0.0000000931. The Morgan fingerprint density at radius 2 is 0.424 bits per heavy atom. The SMILES string of the molecule is CC#N.Cn1ccnc1.Cn1ccnc1.Cn1ccnc1.Cn1ccnc1.Cn1ccnc1.Cn1ccnc1.Cn1ccnc1.Cn1ccnc1.O.O.O.O=S(=O)([O-])[O-].O=S(=O)([O-])[O-].[Cu+2].[Cu+2]. The molecule has 32 heteroatoms. The molecule has 0 amide bonds. The summed E-state index contributed by atoms with van der Waals surface area (Å²) in [5.41, 5.74) is 0. The van der Waals surface area contributed by atoms with E-state index < -0.39 is 20.8 Å². The van der Waals surface area contributed by atoms with Gasteiger partial charge in [-0.05, 0) is 0 Å². The third kappa shape index (κ3) is 75.2. The molecule has 378 valence electrons. The summed E-state index contributed by atoms with van der Waals surface area (Å²) < 4.78 is 83.3. The molecule has 6 N–H and O–H groups in total. The average molecular weight is 1070 g/mol. The predicted molar refractivity (Wildman–Crippen MR) is 229 cm³/mol. The zero-order chi connectivity index (χ0) is 47.0. The van der Waals surface area contributed by atoms with Gasteiger partial charge in [-0.15, -0.1) is 0 Å². The van der Waals surface area contributed by atoms with Crippen LogP contribution in [0.15, 0.2) is 150 Å². The summed E-state index contributed by atoms with van der Waals surface area (Å²) >= 11 is 0. The minimum atomic E-state index is -5.17. The zero-order valence-corrected chi connectivity index (χ0v) is 40.7. The minimum absolute atomic E-state index is 0. The van der Waals surface area contributed by atoms with Gasteiger partial charge in [0.1, 0.15) is 0 Å². The van der Waals surface area contributed by atoms with Crippen LogP contribution in [-0.2, 0) is 111 Å². The van der Waals surface area contributed by atoms with Crippen molar-refractivity contribution in [2.45, 2.75) is 6.92 Å². The molecule has 0 aliphatic heterocycles. The van der Waals surface area contributed by atoms with E-state index in [2.05, 4.69) is 39.9 Å². The molecular weight excluding hydrogens is 1010 g/mol. The van der Waals surface area contributed by atoms with Gasteiger partial charge in [0.2, 0.25) is 0 Å². The van der Waals surface area contributed by atoms with E-state index in [0.717, 1.165) is 0 Å². The fourth-order valence-corrected chi connectivity index (χ4v) is 2.61. The monoisotopic (exact) mass is 1070 g/mol. The Labute approximate surface area is 405 Å². The topological polar surface area (TPSA) is 421 Å². The second-order valence-electron chi connectivity index (χ2n) is 10.9. The summed E-state index contributed by atoms with van der Waals surface area (Å²) in [6.45, 7) is 1.43. The van der Waals surface area contributed by atoms with E-state index in [1.165, 1.54) is 6.92 Å². The van der Waals surface area contributed by atoms with E-state index in [1.54, 1.807) is 106 Å². The van der Waals surface area contributed by atoms with Crippen molar-refractivity contribution in [1.82, 2.24) is 76.4 Å². The molecular formula is C34H57Cu2N17O11S2. The maximum Gasteiger partial charge on any atom is 2.00 e. The first-order chi connectivity index (χ1) is 28.6. The van der Waals surface area contributed by atoms with Gasteiger partial charge in [-0.3, -0.25) is 16.8 Å². The van der Waals surface area contributed by atoms with E-state index in [-0.39, 0.29) is 50.6 Å². The van der Waals surface area contributed by atoms with Crippen molar-refractivity contribution in [3.8, 4) is 6.07 Å². The van der Waals surface area contributed by atoms with E-state index in [9.17, 15) is 0 Å². The van der Waals surface area contributed by atoms with Gasteiger partial charge in [0.15, 0.2) is 0 Å². The summed E-state index contributed by atoms with van der Waals surface area (Å²) in [6.07, 6.45) is 43.1. The maximum absolute atomic E-state index is 8.52. The molecule has 0 aliphatic rings. The van der Waals surface area contributed by atoms with Gasteiger partial charge in [0.05, 0.1) is 56.7 Å². The van der Waals surface area contributed by atoms with Crippen LogP contribution in [0.3, 0.4) is 0 Å². The molecule has 8 rings (SSSR count). The van der Waals surface area contributed by atoms with Crippen LogP contribution in [0.25, 0.3) is 0 Å². The molecule has 0 saturated heterocycles. The molecule has 0 saturated carbocycles. The van der Waals surface area contributed by atoms with Crippen molar-refractivity contribution < 1.29 is 85.6 Å². The molecule has 0 fully saturated rings. The van der Waals surface area contributed by atoms with Crippen molar-refractivity contribution in [2.75, 3.05) is 0 Å². The smallest absolute Gasteiger partial charge is 0.759 e. The fraction of sp³-hybridized carbons (Fsp3) is 0.265. The third-order valence-electron chi connectivity index (χ3n) is 5.09. The van der Waals surface area contributed by atoms with E-state index in [1.807, 2.05) is 142 Å². The molecule has 28 nitrogen and oxygen atoms in total. The molecule has 2 radical (unpaired) electrons. The third-order valence-corrected chi connectivity index (χ3v) is 5.09. The van der Waals surface area contributed by atoms with Crippen molar-refractivity contribution in [1.29, 1.82) is 5.26 Å². The Morgan fingerprint density at radius 1 is 0.348 bits per heavy atom. The van der Waals surface area contributed by atoms with Crippen LogP contribution < -0.4 is 0 Å². The van der Waals surface area contributed by atoms with Gasteiger partial charge in [0, 0.05) is 183 Å². The summed E-state index contributed by atoms with van der Waals surface area (Å²) in [6, 6.07) is 1.75. The van der Waals surface area contributed by atoms with E-state index in [4.69, 9.17) is 40.3 Å². The van der Waals surface area contributed by atoms with Crippen LogP contribution >= 0.6 is 0 Å². The van der Waals surface area contributed by atoms with Gasteiger partial charge in [-0.1, -0.05) is 0 Å². The van der Waals surface area contributed by atoms with Crippen molar-refractivity contribution >= 4 is 20.8 Å². The number of nitriles is 1. The van der Waals surface area contributed by atoms with Crippen molar-refractivity contribution in [3.05, 3.63) is 150 Å². The average Bonchev–Trinajstić information content (AvgIpc) is 4.00. The Hall–Kier alpha value is -6.17. The van der Waals surface area contributed by atoms with E-state index in [0.29, 0.717) is 0 Å². The van der Waals surface area contributed by atoms with Crippen molar-refractivity contribution in [3.63, 3.8) is 0 Å². The number of hydrogen-bond donors (Lipinski definition) is 0. The Kier molecular flexibility index (Phi) is 58.2. The largest absolute Gasteiger partial charge is 2.00 e. The number of nitrogens with zero attached hydrogens (tertiary/aromatic N) is 17. The summed E-state index contributed by atoms with van der Waals surface area (Å²) in [5.74, 6) is 0. The summed E-state index contributed by atoms with van der Waals surface area (Å²) in [5, 5.41) is 7.32. The minimum Gasteiger partial charge on any atom is -0.759 e. The van der Waals surface area contributed by atoms with Crippen LogP contribution in [0.1, 0.15) is 6.92 Å². The van der Waals surface area contributed by atoms with Gasteiger partial charge < -0.3 is 71.2 Å². The fourth-order valence-electron chi connectivity index (χ4n) is 2.61. The Bertz CT molecular complexity index is 1840. The predicted octanol–water partition coefficient (Wildman–Crippen LogP) is -1.26. The number of rotatable bonds is 0. The van der Waals surface area contributed by atoms with Crippen LogP contribution in [0, 0.1) is 11.3 Å². The molecule has 8 aromatic heterocycles. The quantitative estimate of drug-likeness (QED) is 0.0971. The number of aromatic nitrogens is 16. The molecule has 8 heterocycles. The van der Waals surface area contributed by atoms with Crippen LogP contribution in [-0.4, -0.2) is 128 Å². The first-order valence-electron chi connectivity index (χ1n) is 16.6. The van der Waals surface area contributed by atoms with Crippen LogP contribution in [0.2, 0.25) is 0 Å². The molecule has 0 aliphatic carbocycles. The zero-order valence-electron chi connectivity index (χ0n) is 37.1. The second kappa shape index (κ2) is 49.8. The molecule has 0 aromatic carbocycles. The van der Waals surface area contributed by atoms with Crippen molar-refractivity contribution in [2.24, 2.45) is 56.4 Å². The Morgan fingerprint density at radius 3 is 0.439 bits per heavy atom. The van der Waals surface area contributed by atoms with E-state index >= 15 is 0 Å². The first kappa shape index (κ1) is 77.1. The van der Waals surface area contributed by atoms with Gasteiger partial charge in [0.25, 0.3) is 0 Å². The van der Waals surface area contributed by atoms with Crippen LogP contribution in [0.4, 0.5) is 0 Å². The van der Waals surface area contributed by atoms with Gasteiger partial charge >= 0.3 is 34.1 Å². The standard InChI is InChI=1S/8C4H6N2.C2H3N.2Cu.2H2O4S.3H2O/c8*1-6-3-2-5-4-6;1-2-3;;;2*1-5(2,3)4;;;/h8*2-4H,1H3;1H3;;;2*(H2,1,2,3,4);3*1H2/q;;;;;;;;;2*+2;;;;;/p-4. The molecule has 0 unspecified atom stereocenters. The maximum atomic E-state index is 8.52. The van der Waals surface area contributed by atoms with Gasteiger partial charge in [-0.25, -0.2) is 39.9 Å². The van der Waals surface area contributed by atoms with Gasteiger partial charge in [-0.2, -0.15) is 5.26 Å². The number of hydrogen-bond acceptors (Lipinski definition) is 17. The molecule has 66 heavy (non-hydrogen) atoms. The first-order valence-corrected chi connectivity index (χ1v) is 19.2. The van der Waals surface area contributed by atoms with Crippen LogP contribution in [0.5, 0.6) is 0 Å². The molecule has 8 aromatic rings. The number of imidazole rings is 8. The molecule has 0 atom stereocenters. The summed E-state index contributed by atoms with van der Waals surface area (Å²) in [7, 11) is 5.17. The number of aryl methyl sites for hydroxylation is 8.